The van der Waals surface area contributed by atoms with Crippen LogP contribution in [0, 0.1) is 0 Å². The zero-order chi connectivity index (χ0) is 13.0. The molecule has 1 aromatic carbocycles. The van der Waals surface area contributed by atoms with Gasteiger partial charge < -0.3 is 15.5 Å². The fourth-order valence-electron chi connectivity index (χ4n) is 1.83. The second-order valence-electron chi connectivity index (χ2n) is 4.72. The van der Waals surface area contributed by atoms with E-state index in [1.807, 2.05) is 0 Å². The number of benzene rings is 1. The van der Waals surface area contributed by atoms with Crippen LogP contribution >= 0.6 is 0 Å². The van der Waals surface area contributed by atoms with Gasteiger partial charge in [0.2, 0.25) is 5.91 Å². The molecule has 96 valence electrons. The number of hydrogen-bond acceptors (Lipinski definition) is 3. The number of nitrogens with one attached hydrogen (secondary N) is 1. The lowest BCUT2D eigenvalue weighted by atomic mass is 9.80. The molecule has 0 unspecified atom stereocenters. The standard InChI is InChI=1S/C14H17NO3/c16-12-5-2-11(3-6-12)4-7-13(17)15-10-14(18)8-1-9-14/h2-7,16,18H,1,8-10H2,(H,15,17)/b7-4+. The Morgan fingerprint density at radius 2 is 2.00 bits per heavy atom. The third-order valence-corrected chi connectivity index (χ3v) is 3.20. The van der Waals surface area contributed by atoms with E-state index in [0.29, 0.717) is 6.54 Å². The van der Waals surface area contributed by atoms with E-state index in [-0.39, 0.29) is 11.7 Å². The van der Waals surface area contributed by atoms with Crippen LogP contribution in [-0.2, 0) is 4.79 Å². The molecule has 1 aliphatic rings. The van der Waals surface area contributed by atoms with E-state index >= 15 is 0 Å². The van der Waals surface area contributed by atoms with E-state index < -0.39 is 5.60 Å². The van der Waals surface area contributed by atoms with Crippen LogP contribution in [0.4, 0.5) is 0 Å². The Bertz CT molecular complexity index is 447. The third kappa shape index (κ3) is 3.34. The van der Waals surface area contributed by atoms with Gasteiger partial charge >= 0.3 is 0 Å². The molecule has 0 atom stereocenters. The van der Waals surface area contributed by atoms with E-state index in [1.54, 1.807) is 30.3 Å². The van der Waals surface area contributed by atoms with Crippen molar-refractivity contribution in [3.8, 4) is 5.75 Å². The van der Waals surface area contributed by atoms with Gasteiger partial charge in [0.1, 0.15) is 5.75 Å². The van der Waals surface area contributed by atoms with Gasteiger partial charge in [-0.05, 0) is 43.0 Å². The molecule has 2 rings (SSSR count). The van der Waals surface area contributed by atoms with Crippen LogP contribution in [0.2, 0.25) is 0 Å². The molecule has 0 heterocycles. The largest absolute Gasteiger partial charge is 0.508 e. The molecule has 1 fully saturated rings. The van der Waals surface area contributed by atoms with Crippen LogP contribution in [0.1, 0.15) is 24.8 Å². The lowest BCUT2D eigenvalue weighted by Gasteiger charge is -2.36. The molecule has 4 heteroatoms. The Morgan fingerprint density at radius 3 is 2.56 bits per heavy atom. The first kappa shape index (κ1) is 12.6. The van der Waals surface area contributed by atoms with E-state index in [4.69, 9.17) is 5.11 Å². The quantitative estimate of drug-likeness (QED) is 0.705. The van der Waals surface area contributed by atoms with Crippen molar-refractivity contribution in [3.05, 3.63) is 35.9 Å². The maximum absolute atomic E-state index is 11.5. The van der Waals surface area contributed by atoms with Gasteiger partial charge in [-0.15, -0.1) is 0 Å². The number of aliphatic hydroxyl groups is 1. The van der Waals surface area contributed by atoms with Gasteiger partial charge in [0.15, 0.2) is 0 Å². The molecule has 0 spiro atoms. The van der Waals surface area contributed by atoms with Crippen molar-refractivity contribution in [1.82, 2.24) is 5.32 Å². The maximum Gasteiger partial charge on any atom is 0.244 e. The van der Waals surface area contributed by atoms with Crippen molar-refractivity contribution in [3.63, 3.8) is 0 Å². The summed E-state index contributed by atoms with van der Waals surface area (Å²) in [5.74, 6) is -0.0211. The van der Waals surface area contributed by atoms with Crippen LogP contribution in [0.5, 0.6) is 5.75 Å². The number of phenolic OH excluding ortho intramolecular Hbond substituents is 1. The Morgan fingerprint density at radius 1 is 1.33 bits per heavy atom. The maximum atomic E-state index is 11.5. The molecular formula is C14H17NO3. The summed E-state index contributed by atoms with van der Waals surface area (Å²) in [7, 11) is 0. The van der Waals surface area contributed by atoms with Gasteiger partial charge in [-0.2, -0.15) is 0 Å². The SMILES string of the molecule is O=C(/C=C/c1ccc(O)cc1)NCC1(O)CCC1. The number of phenols is 1. The summed E-state index contributed by atoms with van der Waals surface area (Å²) in [5.41, 5.74) is 0.146. The highest BCUT2D eigenvalue weighted by atomic mass is 16.3. The number of hydrogen-bond donors (Lipinski definition) is 3. The Balaban J connectivity index is 1.81. The van der Waals surface area contributed by atoms with Crippen molar-refractivity contribution in [2.45, 2.75) is 24.9 Å². The van der Waals surface area contributed by atoms with E-state index in [2.05, 4.69) is 5.32 Å². The van der Waals surface area contributed by atoms with Crippen LogP contribution in [-0.4, -0.2) is 28.3 Å². The molecule has 3 N–H and O–H groups in total. The van der Waals surface area contributed by atoms with Gasteiger partial charge in [-0.3, -0.25) is 4.79 Å². The average molecular weight is 247 g/mol. The smallest absolute Gasteiger partial charge is 0.244 e. The zero-order valence-electron chi connectivity index (χ0n) is 10.1. The van der Waals surface area contributed by atoms with Crippen LogP contribution in [0.15, 0.2) is 30.3 Å². The van der Waals surface area contributed by atoms with Gasteiger partial charge in [0, 0.05) is 12.6 Å². The lowest BCUT2D eigenvalue weighted by molar-refractivity contribution is -0.118. The van der Waals surface area contributed by atoms with Crippen LogP contribution < -0.4 is 5.32 Å². The highest BCUT2D eigenvalue weighted by Gasteiger charge is 2.34. The second-order valence-corrected chi connectivity index (χ2v) is 4.72. The molecule has 0 radical (unpaired) electrons. The lowest BCUT2D eigenvalue weighted by Crippen LogP contribution is -2.47. The highest BCUT2D eigenvalue weighted by molar-refractivity contribution is 5.91. The Hall–Kier alpha value is -1.81. The number of rotatable bonds is 4. The number of carbonyl (C=O) groups excluding carboxylic acids is 1. The topological polar surface area (TPSA) is 69.6 Å². The molecular weight excluding hydrogens is 230 g/mol. The molecule has 0 aliphatic heterocycles. The van der Waals surface area contributed by atoms with Crippen molar-refractivity contribution >= 4 is 12.0 Å². The summed E-state index contributed by atoms with van der Waals surface area (Å²) in [6.07, 6.45) is 5.63. The first-order chi connectivity index (χ1) is 8.57. The molecule has 0 aromatic heterocycles. The van der Waals surface area contributed by atoms with Gasteiger partial charge in [-0.25, -0.2) is 0 Å². The number of aromatic hydroxyl groups is 1. The average Bonchev–Trinajstić information content (AvgIpc) is 2.33. The number of carbonyl (C=O) groups is 1. The minimum atomic E-state index is -0.692. The third-order valence-electron chi connectivity index (χ3n) is 3.20. The van der Waals surface area contributed by atoms with Gasteiger partial charge in [-0.1, -0.05) is 12.1 Å². The van der Waals surface area contributed by atoms with E-state index in [9.17, 15) is 9.90 Å². The normalized spacial score (nSPS) is 17.4. The summed E-state index contributed by atoms with van der Waals surface area (Å²) >= 11 is 0. The Labute approximate surface area is 106 Å². The molecule has 18 heavy (non-hydrogen) atoms. The van der Waals surface area contributed by atoms with E-state index in [1.165, 1.54) is 6.08 Å². The fourth-order valence-corrected chi connectivity index (χ4v) is 1.83. The molecule has 1 amide bonds. The molecule has 0 bridgehead atoms. The minimum Gasteiger partial charge on any atom is -0.508 e. The van der Waals surface area contributed by atoms with Crippen LogP contribution in [0.25, 0.3) is 6.08 Å². The van der Waals surface area contributed by atoms with Crippen molar-refractivity contribution in [1.29, 1.82) is 0 Å². The predicted molar refractivity (Wildman–Crippen MR) is 69.0 cm³/mol. The second kappa shape index (κ2) is 5.23. The van der Waals surface area contributed by atoms with Crippen molar-refractivity contribution in [2.75, 3.05) is 6.54 Å². The summed E-state index contributed by atoms with van der Waals surface area (Å²) in [4.78, 5) is 11.5. The number of amides is 1. The first-order valence-corrected chi connectivity index (χ1v) is 6.05. The monoisotopic (exact) mass is 247 g/mol. The summed E-state index contributed by atoms with van der Waals surface area (Å²) < 4.78 is 0. The highest BCUT2D eigenvalue weighted by Crippen LogP contribution is 2.30. The summed E-state index contributed by atoms with van der Waals surface area (Å²) in [5, 5.41) is 21.6. The molecule has 1 saturated carbocycles. The summed E-state index contributed by atoms with van der Waals surface area (Å²) in [6, 6.07) is 6.57. The fraction of sp³-hybridized carbons (Fsp3) is 0.357. The van der Waals surface area contributed by atoms with E-state index in [0.717, 1.165) is 24.8 Å². The molecule has 1 aromatic rings. The van der Waals surface area contributed by atoms with Gasteiger partial charge in [0.05, 0.1) is 5.60 Å². The Kier molecular flexibility index (Phi) is 3.67. The van der Waals surface area contributed by atoms with Crippen LogP contribution in [0.3, 0.4) is 0 Å². The molecule has 4 nitrogen and oxygen atoms in total. The first-order valence-electron chi connectivity index (χ1n) is 6.05. The summed E-state index contributed by atoms with van der Waals surface area (Å²) in [6.45, 7) is 0.311. The molecule has 1 aliphatic carbocycles. The zero-order valence-corrected chi connectivity index (χ0v) is 10.1. The molecule has 0 saturated heterocycles. The van der Waals surface area contributed by atoms with Crippen molar-refractivity contribution < 1.29 is 15.0 Å². The van der Waals surface area contributed by atoms with Gasteiger partial charge in [0.25, 0.3) is 0 Å². The predicted octanol–water partition coefficient (Wildman–Crippen LogP) is 1.44. The minimum absolute atomic E-state index is 0.198. The van der Waals surface area contributed by atoms with Crippen molar-refractivity contribution in [2.24, 2.45) is 0 Å².